The zero-order valence-electron chi connectivity index (χ0n) is 14.5. The van der Waals surface area contributed by atoms with Crippen LogP contribution in [0.2, 0.25) is 0 Å². The van der Waals surface area contributed by atoms with Crippen molar-refractivity contribution in [2.75, 3.05) is 18.2 Å². The lowest BCUT2D eigenvalue weighted by molar-refractivity contribution is -0.144. The highest BCUT2D eigenvalue weighted by molar-refractivity contribution is 7.99. The minimum absolute atomic E-state index is 0.00297. The molecule has 7 heteroatoms. The Morgan fingerprint density at radius 3 is 2.52 bits per heavy atom. The molecule has 1 fully saturated rings. The summed E-state index contributed by atoms with van der Waals surface area (Å²) in [4.78, 5) is 38.1. The average molecular weight is 364 g/mol. The van der Waals surface area contributed by atoms with Crippen molar-refractivity contribution in [3.05, 3.63) is 35.9 Å². The van der Waals surface area contributed by atoms with Crippen molar-refractivity contribution in [2.45, 2.75) is 38.1 Å². The van der Waals surface area contributed by atoms with Crippen LogP contribution in [-0.2, 0) is 19.8 Å². The van der Waals surface area contributed by atoms with Gasteiger partial charge in [-0.05, 0) is 12.0 Å². The van der Waals surface area contributed by atoms with Crippen molar-refractivity contribution in [1.82, 2.24) is 10.2 Å². The van der Waals surface area contributed by atoms with Crippen molar-refractivity contribution in [2.24, 2.45) is 0 Å². The number of amides is 2. The molecule has 0 spiro atoms. The Bertz CT molecular complexity index is 637. The molecule has 0 bridgehead atoms. The lowest BCUT2D eigenvalue weighted by atomic mass is 9.78. The number of carbonyl (C=O) groups excluding carboxylic acids is 2. The van der Waals surface area contributed by atoms with Crippen LogP contribution in [0.4, 0.5) is 0 Å². The minimum Gasteiger partial charge on any atom is -0.481 e. The second-order valence-corrected chi connectivity index (χ2v) is 7.06. The van der Waals surface area contributed by atoms with Crippen LogP contribution in [0.1, 0.15) is 32.3 Å². The number of hydrogen-bond acceptors (Lipinski definition) is 4. The molecule has 0 aromatic heterocycles. The zero-order valence-corrected chi connectivity index (χ0v) is 15.3. The topological polar surface area (TPSA) is 86.7 Å². The maximum Gasteiger partial charge on any atom is 0.315 e. The summed E-state index contributed by atoms with van der Waals surface area (Å²) < 4.78 is 0. The fourth-order valence-corrected chi connectivity index (χ4v) is 4.18. The van der Waals surface area contributed by atoms with Gasteiger partial charge in [0, 0.05) is 18.7 Å². The SMILES string of the molecule is CCC(=O)N1CSCC1C(=O)NCC(CC)(C(=O)O)c1ccccc1. The largest absolute Gasteiger partial charge is 0.481 e. The molecule has 0 radical (unpaired) electrons. The Kier molecular flexibility index (Phi) is 6.47. The number of nitrogens with one attached hydrogen (secondary N) is 1. The molecule has 2 unspecified atom stereocenters. The maximum absolute atomic E-state index is 12.6. The third-order valence-electron chi connectivity index (χ3n) is 4.71. The van der Waals surface area contributed by atoms with Crippen molar-refractivity contribution in [3.8, 4) is 0 Å². The lowest BCUT2D eigenvalue weighted by Crippen LogP contribution is -2.52. The fourth-order valence-electron chi connectivity index (χ4n) is 3.00. The van der Waals surface area contributed by atoms with Crippen LogP contribution in [0, 0.1) is 0 Å². The quantitative estimate of drug-likeness (QED) is 0.771. The predicted octanol–water partition coefficient (Wildman–Crippen LogP) is 1.85. The number of carbonyl (C=O) groups is 3. The van der Waals surface area contributed by atoms with E-state index in [2.05, 4.69) is 5.32 Å². The number of aliphatic carboxylic acids is 1. The monoisotopic (exact) mass is 364 g/mol. The van der Waals surface area contributed by atoms with Crippen molar-refractivity contribution in [1.29, 1.82) is 0 Å². The predicted molar refractivity (Wildman–Crippen MR) is 97.3 cm³/mol. The number of benzene rings is 1. The Morgan fingerprint density at radius 1 is 1.28 bits per heavy atom. The van der Waals surface area contributed by atoms with Crippen LogP contribution in [0.3, 0.4) is 0 Å². The molecular weight excluding hydrogens is 340 g/mol. The number of thioether (sulfide) groups is 1. The van der Waals surface area contributed by atoms with E-state index in [1.54, 1.807) is 43.0 Å². The third kappa shape index (κ3) is 3.98. The standard InChI is InChI=1S/C18H24N2O4S/c1-3-15(21)20-12-25-10-14(20)16(22)19-11-18(4-2,17(23)24)13-8-6-5-7-9-13/h5-9,14H,3-4,10-12H2,1-2H3,(H,19,22)(H,23,24). The van der Waals surface area contributed by atoms with Gasteiger partial charge in [0.25, 0.3) is 0 Å². The Morgan fingerprint density at radius 2 is 1.96 bits per heavy atom. The second kappa shape index (κ2) is 8.38. The summed E-state index contributed by atoms with van der Waals surface area (Å²) in [6.45, 7) is 3.56. The van der Waals surface area contributed by atoms with Crippen LogP contribution in [0.25, 0.3) is 0 Å². The fraction of sp³-hybridized carbons (Fsp3) is 0.500. The Labute approximate surface area is 152 Å². The molecular formula is C18H24N2O4S. The van der Waals surface area contributed by atoms with Gasteiger partial charge in [-0.2, -0.15) is 0 Å². The van der Waals surface area contributed by atoms with Gasteiger partial charge in [-0.3, -0.25) is 14.4 Å². The molecule has 1 aliphatic rings. The van der Waals surface area contributed by atoms with E-state index >= 15 is 0 Å². The van der Waals surface area contributed by atoms with Gasteiger partial charge in [-0.25, -0.2) is 0 Å². The number of rotatable bonds is 7. The molecule has 0 aliphatic carbocycles. The van der Waals surface area contributed by atoms with E-state index in [0.717, 1.165) is 0 Å². The molecule has 2 rings (SSSR count). The first-order valence-corrected chi connectivity index (χ1v) is 9.55. The molecule has 6 nitrogen and oxygen atoms in total. The second-order valence-electron chi connectivity index (χ2n) is 6.06. The number of nitrogens with zero attached hydrogens (tertiary/aromatic N) is 1. The molecule has 1 saturated heterocycles. The first-order valence-electron chi connectivity index (χ1n) is 8.40. The van der Waals surface area contributed by atoms with Gasteiger partial charge in [0.1, 0.15) is 11.5 Å². The van der Waals surface area contributed by atoms with E-state index in [-0.39, 0.29) is 18.4 Å². The lowest BCUT2D eigenvalue weighted by Gasteiger charge is -2.30. The molecule has 136 valence electrons. The van der Waals surface area contributed by atoms with E-state index in [4.69, 9.17) is 0 Å². The minimum atomic E-state index is -1.18. The molecule has 1 aromatic carbocycles. The Balaban J connectivity index is 2.14. The number of hydrogen-bond donors (Lipinski definition) is 2. The molecule has 25 heavy (non-hydrogen) atoms. The van der Waals surface area contributed by atoms with E-state index in [1.807, 2.05) is 6.07 Å². The van der Waals surface area contributed by atoms with E-state index < -0.39 is 17.4 Å². The molecule has 1 heterocycles. The molecule has 1 aromatic rings. The molecule has 2 amide bonds. The van der Waals surface area contributed by atoms with Gasteiger partial charge < -0.3 is 15.3 Å². The third-order valence-corrected chi connectivity index (χ3v) is 5.72. The van der Waals surface area contributed by atoms with E-state index in [0.29, 0.717) is 30.0 Å². The summed E-state index contributed by atoms with van der Waals surface area (Å²) in [5.74, 6) is -0.282. The summed E-state index contributed by atoms with van der Waals surface area (Å²) in [5, 5.41) is 12.6. The Hall–Kier alpha value is -2.02. The zero-order chi connectivity index (χ0) is 18.4. The smallest absolute Gasteiger partial charge is 0.315 e. The van der Waals surface area contributed by atoms with Crippen molar-refractivity contribution >= 4 is 29.5 Å². The average Bonchev–Trinajstić information content (AvgIpc) is 3.12. The molecule has 2 N–H and O–H groups in total. The maximum atomic E-state index is 12.6. The highest BCUT2D eigenvalue weighted by Crippen LogP contribution is 2.28. The van der Waals surface area contributed by atoms with Gasteiger partial charge >= 0.3 is 5.97 Å². The summed E-state index contributed by atoms with van der Waals surface area (Å²) >= 11 is 1.53. The normalized spacial score (nSPS) is 19.3. The first kappa shape index (κ1) is 19.3. The van der Waals surface area contributed by atoms with Crippen LogP contribution in [-0.4, -0.2) is 52.0 Å². The van der Waals surface area contributed by atoms with Crippen LogP contribution in [0.5, 0.6) is 0 Å². The summed E-state index contributed by atoms with van der Waals surface area (Å²) in [6.07, 6.45) is 0.700. The van der Waals surface area contributed by atoms with E-state index in [1.165, 1.54) is 11.8 Å². The first-order chi connectivity index (χ1) is 12.0. The molecule has 2 atom stereocenters. The van der Waals surface area contributed by atoms with Gasteiger partial charge in [0.05, 0.1) is 5.88 Å². The summed E-state index contributed by atoms with van der Waals surface area (Å²) in [5.41, 5.74) is -0.519. The van der Waals surface area contributed by atoms with Crippen LogP contribution < -0.4 is 5.32 Å². The highest BCUT2D eigenvalue weighted by atomic mass is 32.2. The molecule has 1 aliphatic heterocycles. The van der Waals surface area contributed by atoms with E-state index in [9.17, 15) is 19.5 Å². The van der Waals surface area contributed by atoms with Gasteiger partial charge in [-0.15, -0.1) is 11.8 Å². The van der Waals surface area contributed by atoms with Gasteiger partial charge in [0.15, 0.2) is 0 Å². The van der Waals surface area contributed by atoms with Crippen LogP contribution in [0.15, 0.2) is 30.3 Å². The van der Waals surface area contributed by atoms with Gasteiger partial charge in [-0.1, -0.05) is 44.2 Å². The summed E-state index contributed by atoms with van der Waals surface area (Å²) in [7, 11) is 0. The highest BCUT2D eigenvalue weighted by Gasteiger charge is 2.41. The van der Waals surface area contributed by atoms with Gasteiger partial charge in [0.2, 0.25) is 11.8 Å². The number of carboxylic acid groups (broad SMARTS) is 1. The summed E-state index contributed by atoms with van der Waals surface area (Å²) in [6, 6.07) is 8.41. The number of carboxylic acids is 1. The van der Waals surface area contributed by atoms with Crippen molar-refractivity contribution < 1.29 is 19.5 Å². The van der Waals surface area contributed by atoms with Crippen molar-refractivity contribution in [3.63, 3.8) is 0 Å². The molecule has 0 saturated carbocycles. The van der Waals surface area contributed by atoms with Crippen LogP contribution >= 0.6 is 11.8 Å².